The first-order valence-electron chi connectivity index (χ1n) is 5.74. The van der Waals surface area contributed by atoms with E-state index in [1.165, 1.54) is 12.1 Å². The van der Waals surface area contributed by atoms with Crippen LogP contribution < -0.4 is 10.1 Å². The van der Waals surface area contributed by atoms with E-state index >= 15 is 0 Å². The molecule has 1 unspecified atom stereocenters. The molecule has 0 aliphatic rings. The first-order valence-corrected chi connectivity index (χ1v) is 5.74. The number of likely N-dealkylation sites (N-methyl/N-ethyl adjacent to an activating group) is 1. The van der Waals surface area contributed by atoms with Crippen LogP contribution in [0.25, 0.3) is 0 Å². The zero-order valence-electron chi connectivity index (χ0n) is 10.2. The molecular weight excluding hydrogens is 205 g/mol. The van der Waals surface area contributed by atoms with Gasteiger partial charge in [-0.2, -0.15) is 0 Å². The van der Waals surface area contributed by atoms with Gasteiger partial charge in [0.1, 0.15) is 17.7 Å². The Balaban J connectivity index is 2.71. The van der Waals surface area contributed by atoms with Gasteiger partial charge in [-0.15, -0.1) is 0 Å². The third-order valence-corrected chi connectivity index (χ3v) is 2.49. The predicted molar refractivity (Wildman–Crippen MR) is 64.4 cm³/mol. The van der Waals surface area contributed by atoms with Crippen molar-refractivity contribution in [1.82, 2.24) is 5.32 Å². The van der Waals surface area contributed by atoms with Gasteiger partial charge in [-0.3, -0.25) is 0 Å². The molecule has 0 amide bonds. The number of benzene rings is 1. The van der Waals surface area contributed by atoms with Crippen molar-refractivity contribution in [2.45, 2.75) is 32.8 Å². The second-order valence-electron chi connectivity index (χ2n) is 4.00. The maximum absolute atomic E-state index is 13.1. The Bertz CT molecular complexity index is 322. The Labute approximate surface area is 96.8 Å². The Morgan fingerprint density at radius 2 is 2.19 bits per heavy atom. The number of aryl methyl sites for hydroxylation is 1. The van der Waals surface area contributed by atoms with E-state index in [2.05, 4.69) is 12.2 Å². The second kappa shape index (κ2) is 6.48. The van der Waals surface area contributed by atoms with Crippen LogP contribution >= 0.6 is 0 Å². The SMILES string of the molecule is CCCC(CNC)Oc1cc(F)ccc1C. The minimum absolute atomic E-state index is 0.107. The van der Waals surface area contributed by atoms with Gasteiger partial charge in [-0.25, -0.2) is 4.39 Å². The number of ether oxygens (including phenoxy) is 1. The first-order chi connectivity index (χ1) is 7.67. The van der Waals surface area contributed by atoms with Crippen LogP contribution in [0.5, 0.6) is 5.75 Å². The fourth-order valence-corrected chi connectivity index (χ4v) is 1.63. The number of rotatable bonds is 6. The Morgan fingerprint density at radius 3 is 2.81 bits per heavy atom. The Morgan fingerprint density at radius 1 is 1.44 bits per heavy atom. The molecule has 0 radical (unpaired) electrons. The summed E-state index contributed by atoms with van der Waals surface area (Å²) in [5, 5.41) is 3.09. The molecule has 0 aromatic heterocycles. The minimum Gasteiger partial charge on any atom is -0.489 e. The molecule has 2 nitrogen and oxygen atoms in total. The molecule has 0 aliphatic carbocycles. The van der Waals surface area contributed by atoms with Crippen molar-refractivity contribution in [3.05, 3.63) is 29.6 Å². The molecule has 1 atom stereocenters. The quantitative estimate of drug-likeness (QED) is 0.803. The standard InChI is InChI=1S/C13H20FNO/c1-4-5-12(9-15-3)16-13-8-11(14)7-6-10(13)2/h6-8,12,15H,4-5,9H2,1-3H3. The summed E-state index contributed by atoms with van der Waals surface area (Å²) in [6.45, 7) is 4.82. The van der Waals surface area contributed by atoms with Crippen molar-refractivity contribution in [3.63, 3.8) is 0 Å². The summed E-state index contributed by atoms with van der Waals surface area (Å²) < 4.78 is 18.9. The van der Waals surface area contributed by atoms with Gasteiger partial charge in [0, 0.05) is 12.6 Å². The molecule has 16 heavy (non-hydrogen) atoms. The summed E-state index contributed by atoms with van der Waals surface area (Å²) in [5.74, 6) is 0.397. The van der Waals surface area contributed by atoms with Crippen molar-refractivity contribution in [1.29, 1.82) is 0 Å². The van der Waals surface area contributed by atoms with E-state index in [9.17, 15) is 4.39 Å². The van der Waals surface area contributed by atoms with Crippen LogP contribution in [0.3, 0.4) is 0 Å². The summed E-state index contributed by atoms with van der Waals surface area (Å²) >= 11 is 0. The molecule has 3 heteroatoms. The topological polar surface area (TPSA) is 21.3 Å². The zero-order chi connectivity index (χ0) is 12.0. The molecule has 0 spiro atoms. The average molecular weight is 225 g/mol. The zero-order valence-corrected chi connectivity index (χ0v) is 10.2. The van der Waals surface area contributed by atoms with Crippen LogP contribution in [0.1, 0.15) is 25.3 Å². The summed E-state index contributed by atoms with van der Waals surface area (Å²) in [5.41, 5.74) is 0.971. The van der Waals surface area contributed by atoms with Crippen LogP contribution in [0.2, 0.25) is 0 Å². The predicted octanol–water partition coefficient (Wildman–Crippen LogP) is 2.90. The van der Waals surface area contributed by atoms with Crippen LogP contribution in [0, 0.1) is 12.7 Å². The van der Waals surface area contributed by atoms with Gasteiger partial charge in [0.05, 0.1) is 0 Å². The van der Waals surface area contributed by atoms with Crippen molar-refractivity contribution in [2.75, 3.05) is 13.6 Å². The van der Waals surface area contributed by atoms with Crippen LogP contribution in [-0.4, -0.2) is 19.7 Å². The average Bonchev–Trinajstić information content (AvgIpc) is 2.24. The molecule has 0 saturated heterocycles. The molecule has 0 fully saturated rings. The maximum atomic E-state index is 13.1. The lowest BCUT2D eigenvalue weighted by Crippen LogP contribution is -2.29. The lowest BCUT2D eigenvalue weighted by atomic mass is 10.2. The largest absolute Gasteiger partial charge is 0.489 e. The molecule has 90 valence electrons. The Hall–Kier alpha value is -1.09. The van der Waals surface area contributed by atoms with Gasteiger partial charge in [0.15, 0.2) is 0 Å². The molecule has 1 aromatic rings. The minimum atomic E-state index is -0.250. The van der Waals surface area contributed by atoms with E-state index in [0.29, 0.717) is 5.75 Å². The van der Waals surface area contributed by atoms with Gasteiger partial charge in [0.25, 0.3) is 0 Å². The number of halogens is 1. The lowest BCUT2D eigenvalue weighted by molar-refractivity contribution is 0.187. The molecular formula is C13H20FNO. The van der Waals surface area contributed by atoms with Crippen LogP contribution in [0.4, 0.5) is 4.39 Å². The fraction of sp³-hybridized carbons (Fsp3) is 0.538. The van der Waals surface area contributed by atoms with Gasteiger partial charge < -0.3 is 10.1 Å². The van der Waals surface area contributed by atoms with Crippen LogP contribution in [0.15, 0.2) is 18.2 Å². The van der Waals surface area contributed by atoms with Gasteiger partial charge in [-0.05, 0) is 32.0 Å². The summed E-state index contributed by atoms with van der Waals surface area (Å²) in [4.78, 5) is 0. The highest BCUT2D eigenvalue weighted by molar-refractivity contribution is 5.32. The number of hydrogen-bond donors (Lipinski definition) is 1. The second-order valence-corrected chi connectivity index (χ2v) is 4.00. The third kappa shape index (κ3) is 3.81. The molecule has 0 saturated carbocycles. The highest BCUT2D eigenvalue weighted by atomic mass is 19.1. The van der Waals surface area contributed by atoms with Crippen molar-refractivity contribution in [2.24, 2.45) is 0 Å². The summed E-state index contributed by atoms with van der Waals surface area (Å²) in [7, 11) is 1.89. The van der Waals surface area contributed by atoms with Gasteiger partial charge in [0.2, 0.25) is 0 Å². The number of nitrogens with one attached hydrogen (secondary N) is 1. The molecule has 1 rings (SSSR count). The summed E-state index contributed by atoms with van der Waals surface area (Å²) in [6, 6.07) is 4.65. The van der Waals surface area contributed by atoms with Gasteiger partial charge in [-0.1, -0.05) is 19.4 Å². The monoisotopic (exact) mass is 225 g/mol. The molecule has 0 heterocycles. The first kappa shape index (κ1) is 13.0. The lowest BCUT2D eigenvalue weighted by Gasteiger charge is -2.19. The normalized spacial score (nSPS) is 12.5. The maximum Gasteiger partial charge on any atom is 0.126 e. The van der Waals surface area contributed by atoms with E-state index in [1.807, 2.05) is 14.0 Å². The van der Waals surface area contributed by atoms with Crippen molar-refractivity contribution >= 4 is 0 Å². The van der Waals surface area contributed by atoms with E-state index in [1.54, 1.807) is 6.07 Å². The molecule has 0 bridgehead atoms. The van der Waals surface area contributed by atoms with Gasteiger partial charge >= 0.3 is 0 Å². The highest BCUT2D eigenvalue weighted by Crippen LogP contribution is 2.21. The summed E-state index contributed by atoms with van der Waals surface area (Å²) in [6.07, 6.45) is 2.13. The van der Waals surface area contributed by atoms with Crippen molar-refractivity contribution < 1.29 is 9.13 Å². The van der Waals surface area contributed by atoms with E-state index in [-0.39, 0.29) is 11.9 Å². The molecule has 1 aromatic carbocycles. The highest BCUT2D eigenvalue weighted by Gasteiger charge is 2.10. The van der Waals surface area contributed by atoms with E-state index < -0.39 is 0 Å². The van der Waals surface area contributed by atoms with E-state index in [0.717, 1.165) is 24.9 Å². The van der Waals surface area contributed by atoms with Crippen molar-refractivity contribution in [3.8, 4) is 5.75 Å². The number of hydrogen-bond acceptors (Lipinski definition) is 2. The molecule has 0 aliphatic heterocycles. The third-order valence-electron chi connectivity index (χ3n) is 2.49. The van der Waals surface area contributed by atoms with Crippen LogP contribution in [-0.2, 0) is 0 Å². The van der Waals surface area contributed by atoms with E-state index in [4.69, 9.17) is 4.74 Å². The Kier molecular flexibility index (Phi) is 5.26. The smallest absolute Gasteiger partial charge is 0.126 e. The molecule has 1 N–H and O–H groups in total. The fourth-order valence-electron chi connectivity index (χ4n) is 1.63.